The highest BCUT2D eigenvalue weighted by atomic mass is 16.1. The predicted molar refractivity (Wildman–Crippen MR) is 65.4 cm³/mol. The summed E-state index contributed by atoms with van der Waals surface area (Å²) >= 11 is 0. The molecule has 0 bridgehead atoms. The minimum absolute atomic E-state index is 0.0237. The molecule has 2 aromatic heterocycles. The Bertz CT molecular complexity index is 669. The molecule has 0 aromatic carbocycles. The zero-order valence-corrected chi connectivity index (χ0v) is 9.34. The summed E-state index contributed by atoms with van der Waals surface area (Å²) in [6, 6.07) is 5.06. The lowest BCUT2D eigenvalue weighted by atomic mass is 10.0. The summed E-state index contributed by atoms with van der Waals surface area (Å²) in [5.41, 5.74) is 8.50. The fraction of sp³-hybridized carbons (Fsp3) is 0.0833. The zero-order chi connectivity index (χ0) is 13.0. The maximum atomic E-state index is 11.5. The first-order valence-corrected chi connectivity index (χ1v) is 5.13. The van der Waals surface area contributed by atoms with E-state index in [0.717, 1.165) is 5.56 Å². The van der Waals surface area contributed by atoms with Gasteiger partial charge < -0.3 is 4.98 Å². The van der Waals surface area contributed by atoms with Crippen LogP contribution in [0.5, 0.6) is 0 Å². The maximum Gasteiger partial charge on any atom is 0.254 e. The highest BCUT2D eigenvalue weighted by Gasteiger charge is 2.10. The van der Waals surface area contributed by atoms with Crippen LogP contribution in [0.2, 0.25) is 0 Å². The van der Waals surface area contributed by atoms with E-state index in [1.165, 1.54) is 6.07 Å². The minimum atomic E-state index is -0.457. The Hall–Kier alpha value is -2.81. The van der Waals surface area contributed by atoms with Gasteiger partial charge in [-0.2, -0.15) is 5.11 Å². The molecule has 0 fully saturated rings. The van der Waals surface area contributed by atoms with Crippen molar-refractivity contribution >= 4 is 5.69 Å². The first-order chi connectivity index (χ1) is 8.76. The van der Waals surface area contributed by atoms with Gasteiger partial charge in [-0.25, -0.2) is 10.4 Å². The van der Waals surface area contributed by atoms with Crippen LogP contribution >= 0.6 is 0 Å². The van der Waals surface area contributed by atoms with Crippen LogP contribution in [0.3, 0.4) is 0 Å². The molecule has 2 aromatic rings. The number of rotatable bonds is 3. The van der Waals surface area contributed by atoms with E-state index in [4.69, 9.17) is 12.1 Å². The van der Waals surface area contributed by atoms with Crippen LogP contribution in [0.15, 0.2) is 40.5 Å². The second-order valence-corrected chi connectivity index (χ2v) is 3.54. The largest absolute Gasteiger partial charge is 0.333 e. The van der Waals surface area contributed by atoms with Gasteiger partial charge >= 0.3 is 0 Å². The number of aromatic amines is 1. The second-order valence-electron chi connectivity index (χ2n) is 3.54. The molecule has 0 saturated carbocycles. The lowest BCUT2D eigenvalue weighted by Crippen LogP contribution is -2.09. The molecular formula is C12H9N5O. The third-order valence-electron chi connectivity index (χ3n) is 2.45. The van der Waals surface area contributed by atoms with Gasteiger partial charge in [0.05, 0.1) is 6.57 Å². The molecule has 88 valence electrons. The first-order valence-electron chi connectivity index (χ1n) is 5.13. The molecule has 2 heterocycles. The number of nitrogens with zero attached hydrogens (tertiary/aromatic N) is 3. The van der Waals surface area contributed by atoms with Gasteiger partial charge in [-0.3, -0.25) is 9.78 Å². The monoisotopic (exact) mass is 239 g/mol. The van der Waals surface area contributed by atoms with Crippen molar-refractivity contribution in [1.82, 2.24) is 9.97 Å². The Morgan fingerprint density at radius 2 is 2.17 bits per heavy atom. The molecule has 0 saturated heterocycles. The van der Waals surface area contributed by atoms with Crippen molar-refractivity contribution in [1.29, 1.82) is 5.53 Å². The Labute approximate surface area is 103 Å². The third kappa shape index (κ3) is 2.15. The van der Waals surface area contributed by atoms with Crippen molar-refractivity contribution in [2.45, 2.75) is 6.54 Å². The number of hydrogen-bond acceptors (Lipinski definition) is 4. The van der Waals surface area contributed by atoms with Crippen LogP contribution in [-0.4, -0.2) is 9.97 Å². The predicted octanol–water partition coefficient (Wildman–Crippen LogP) is 2.52. The van der Waals surface area contributed by atoms with E-state index in [9.17, 15) is 4.79 Å². The van der Waals surface area contributed by atoms with Crippen LogP contribution in [0.1, 0.15) is 5.69 Å². The molecule has 0 unspecified atom stereocenters. The molecule has 6 heteroatoms. The average Bonchev–Trinajstić information content (AvgIpc) is 2.40. The topological polar surface area (TPSA) is 86.3 Å². The Morgan fingerprint density at radius 1 is 1.44 bits per heavy atom. The van der Waals surface area contributed by atoms with Crippen LogP contribution in [0.25, 0.3) is 16.0 Å². The van der Waals surface area contributed by atoms with Gasteiger partial charge in [0.2, 0.25) is 0 Å². The van der Waals surface area contributed by atoms with Crippen molar-refractivity contribution in [3.05, 3.63) is 58.1 Å². The summed E-state index contributed by atoms with van der Waals surface area (Å²) in [6.07, 6.45) is 3.25. The van der Waals surface area contributed by atoms with Gasteiger partial charge in [0.15, 0.2) is 0 Å². The van der Waals surface area contributed by atoms with E-state index in [1.54, 1.807) is 24.5 Å². The molecule has 6 nitrogen and oxygen atoms in total. The zero-order valence-electron chi connectivity index (χ0n) is 9.34. The van der Waals surface area contributed by atoms with Crippen molar-refractivity contribution < 1.29 is 0 Å². The Balaban J connectivity index is 2.68. The van der Waals surface area contributed by atoms with Crippen LogP contribution in [0, 0.1) is 12.1 Å². The average molecular weight is 239 g/mol. The smallest absolute Gasteiger partial charge is 0.254 e. The van der Waals surface area contributed by atoms with Crippen molar-refractivity contribution in [2.24, 2.45) is 5.11 Å². The fourth-order valence-electron chi connectivity index (χ4n) is 1.63. The maximum absolute atomic E-state index is 11.5. The van der Waals surface area contributed by atoms with E-state index < -0.39 is 5.56 Å². The van der Waals surface area contributed by atoms with E-state index in [1.807, 2.05) is 0 Å². The van der Waals surface area contributed by atoms with E-state index in [-0.39, 0.29) is 12.2 Å². The lowest BCUT2D eigenvalue weighted by Gasteiger charge is -2.07. The number of pyridine rings is 2. The lowest BCUT2D eigenvalue weighted by molar-refractivity contribution is 0.870. The SMILES string of the molecule is [C-]#[N+]c1cc(-c2ccncc2)c(CN=N)[nH]c1=O. The van der Waals surface area contributed by atoms with E-state index >= 15 is 0 Å². The highest BCUT2D eigenvalue weighted by Crippen LogP contribution is 2.24. The molecule has 0 spiro atoms. The first kappa shape index (κ1) is 11.7. The molecule has 0 atom stereocenters. The number of nitrogens with one attached hydrogen (secondary N) is 2. The van der Waals surface area contributed by atoms with Crippen molar-refractivity contribution in [2.75, 3.05) is 0 Å². The van der Waals surface area contributed by atoms with Gasteiger partial charge in [0, 0.05) is 18.1 Å². The quantitative estimate of drug-likeness (QED) is 0.636. The normalized spacial score (nSPS) is 9.72. The van der Waals surface area contributed by atoms with Crippen molar-refractivity contribution in [3.8, 4) is 11.1 Å². The summed E-state index contributed by atoms with van der Waals surface area (Å²) in [4.78, 5) is 21.2. The van der Waals surface area contributed by atoms with Crippen molar-refractivity contribution in [3.63, 3.8) is 0 Å². The van der Waals surface area contributed by atoms with Gasteiger partial charge in [0.1, 0.15) is 6.54 Å². The number of H-pyrrole nitrogens is 1. The molecule has 0 aliphatic carbocycles. The van der Waals surface area contributed by atoms with Crippen LogP contribution in [0.4, 0.5) is 5.69 Å². The van der Waals surface area contributed by atoms with Crippen LogP contribution < -0.4 is 5.56 Å². The number of aromatic nitrogens is 2. The molecular weight excluding hydrogens is 230 g/mol. The molecule has 0 aliphatic heterocycles. The van der Waals surface area contributed by atoms with Gasteiger partial charge in [-0.15, -0.1) is 0 Å². The van der Waals surface area contributed by atoms with Gasteiger partial charge in [-0.05, 0) is 29.3 Å². The molecule has 0 aliphatic rings. The summed E-state index contributed by atoms with van der Waals surface area (Å²) in [6.45, 7) is 7.02. The van der Waals surface area contributed by atoms with Gasteiger partial charge in [0.25, 0.3) is 11.2 Å². The van der Waals surface area contributed by atoms with E-state index in [0.29, 0.717) is 11.3 Å². The molecule has 2 N–H and O–H groups in total. The summed E-state index contributed by atoms with van der Waals surface area (Å²) < 4.78 is 0. The minimum Gasteiger partial charge on any atom is -0.333 e. The van der Waals surface area contributed by atoms with Gasteiger partial charge in [-0.1, -0.05) is 0 Å². The third-order valence-corrected chi connectivity index (χ3v) is 2.45. The molecule has 2 rings (SSSR count). The Morgan fingerprint density at radius 3 is 2.78 bits per heavy atom. The fourth-order valence-corrected chi connectivity index (χ4v) is 1.63. The summed E-state index contributed by atoms with van der Waals surface area (Å²) in [7, 11) is 0. The summed E-state index contributed by atoms with van der Waals surface area (Å²) in [5, 5.41) is 3.28. The second kappa shape index (κ2) is 5.01. The number of hydrogen-bond donors (Lipinski definition) is 2. The Kier molecular flexibility index (Phi) is 3.25. The summed E-state index contributed by atoms with van der Waals surface area (Å²) in [5.74, 6) is 0. The molecule has 0 amide bonds. The molecule has 0 radical (unpaired) electrons. The van der Waals surface area contributed by atoms with Crippen LogP contribution in [-0.2, 0) is 6.54 Å². The standard InChI is InChI=1S/C12H9N5O/c1-14-10-6-9(8-2-4-15-5-3-8)11(7-16-13)17-12(10)18/h2-6,13H,7H2,(H,17,18). The highest BCUT2D eigenvalue weighted by molar-refractivity contribution is 5.69. The molecule has 18 heavy (non-hydrogen) atoms. The van der Waals surface area contributed by atoms with E-state index in [2.05, 4.69) is 19.9 Å².